The van der Waals surface area contributed by atoms with Crippen LogP contribution in [0.4, 0.5) is 0 Å². The van der Waals surface area contributed by atoms with Gasteiger partial charge in [0, 0.05) is 6.07 Å². The van der Waals surface area contributed by atoms with Gasteiger partial charge < -0.3 is 14.6 Å². The van der Waals surface area contributed by atoms with Gasteiger partial charge in [-0.1, -0.05) is 11.6 Å². The molecule has 0 heterocycles. The highest BCUT2D eigenvalue weighted by Gasteiger charge is 2.12. The molecule has 96 valence electrons. The van der Waals surface area contributed by atoms with Gasteiger partial charge in [-0.3, -0.25) is 4.79 Å². The third kappa shape index (κ3) is 3.03. The number of benzene rings is 1. The van der Waals surface area contributed by atoms with Crippen LogP contribution >= 0.6 is 0 Å². The van der Waals surface area contributed by atoms with Gasteiger partial charge in [-0.15, -0.1) is 0 Å². The summed E-state index contributed by atoms with van der Waals surface area (Å²) in [5.41, 5.74) is 1.14. The maximum atomic E-state index is 11.7. The molecule has 0 radical (unpaired) electrons. The highest BCUT2D eigenvalue weighted by molar-refractivity contribution is 5.75. The van der Waals surface area contributed by atoms with Crippen LogP contribution in [0.1, 0.15) is 25.7 Å². The number of allylic oxidation sites excluding steroid dienone is 1. The zero-order valence-electron chi connectivity index (χ0n) is 10.3. The van der Waals surface area contributed by atoms with E-state index in [4.69, 9.17) is 9.47 Å². The van der Waals surface area contributed by atoms with Gasteiger partial charge in [-0.25, -0.2) is 0 Å². The molecule has 0 unspecified atom stereocenters. The van der Waals surface area contributed by atoms with Crippen molar-refractivity contribution in [2.75, 3.05) is 7.11 Å². The predicted molar refractivity (Wildman–Crippen MR) is 66.8 cm³/mol. The van der Waals surface area contributed by atoms with Crippen LogP contribution in [0, 0.1) is 0 Å². The van der Waals surface area contributed by atoms with E-state index in [1.165, 1.54) is 13.2 Å². The lowest BCUT2D eigenvalue weighted by atomic mass is 10.2. The SMILES string of the molecule is COc1ccc(OC(=O)CC2=CCCC2)cc1O. The number of ether oxygens (including phenoxy) is 2. The summed E-state index contributed by atoms with van der Waals surface area (Å²) in [6.45, 7) is 0. The van der Waals surface area contributed by atoms with Crippen LogP contribution in [-0.2, 0) is 4.79 Å². The maximum Gasteiger partial charge on any atom is 0.315 e. The van der Waals surface area contributed by atoms with Crippen molar-refractivity contribution < 1.29 is 19.4 Å². The standard InChI is InChI=1S/C14H16O4/c1-17-13-7-6-11(9-12(13)15)18-14(16)8-10-4-2-3-5-10/h4,6-7,9,15H,2-3,5,8H2,1H3. The molecule has 18 heavy (non-hydrogen) atoms. The number of carbonyl (C=O) groups is 1. The van der Waals surface area contributed by atoms with E-state index in [9.17, 15) is 9.90 Å². The number of carbonyl (C=O) groups excluding carboxylic acids is 1. The molecule has 2 rings (SSSR count). The molecule has 4 heteroatoms. The topological polar surface area (TPSA) is 55.8 Å². The number of phenols is 1. The summed E-state index contributed by atoms with van der Waals surface area (Å²) in [5.74, 6) is 0.348. The van der Waals surface area contributed by atoms with E-state index in [1.54, 1.807) is 12.1 Å². The van der Waals surface area contributed by atoms with Crippen LogP contribution in [0.3, 0.4) is 0 Å². The van der Waals surface area contributed by atoms with Gasteiger partial charge in [-0.2, -0.15) is 0 Å². The van der Waals surface area contributed by atoms with Crippen molar-refractivity contribution in [1.82, 2.24) is 0 Å². The highest BCUT2D eigenvalue weighted by Crippen LogP contribution is 2.30. The van der Waals surface area contributed by atoms with E-state index in [2.05, 4.69) is 6.08 Å². The first kappa shape index (κ1) is 12.5. The van der Waals surface area contributed by atoms with Gasteiger partial charge in [-0.05, 0) is 31.4 Å². The van der Waals surface area contributed by atoms with Crippen LogP contribution in [-0.4, -0.2) is 18.2 Å². The number of esters is 1. The molecule has 4 nitrogen and oxygen atoms in total. The van der Waals surface area contributed by atoms with Gasteiger partial charge in [0.1, 0.15) is 5.75 Å². The average molecular weight is 248 g/mol. The minimum atomic E-state index is -0.298. The Morgan fingerprint density at radius 3 is 2.89 bits per heavy atom. The molecule has 0 spiro atoms. The Bertz CT molecular complexity index is 477. The van der Waals surface area contributed by atoms with Crippen LogP contribution in [0.2, 0.25) is 0 Å². The first-order chi connectivity index (χ1) is 8.69. The molecule has 0 bridgehead atoms. The number of rotatable bonds is 4. The second-order valence-corrected chi connectivity index (χ2v) is 4.24. The molecule has 1 aromatic rings. The molecule has 0 aliphatic heterocycles. The lowest BCUT2D eigenvalue weighted by Crippen LogP contribution is -2.08. The summed E-state index contributed by atoms with van der Waals surface area (Å²) in [6.07, 6.45) is 5.56. The predicted octanol–water partition coefficient (Wildman–Crippen LogP) is 2.81. The minimum absolute atomic E-state index is 0.0390. The van der Waals surface area contributed by atoms with Crippen molar-refractivity contribution in [2.45, 2.75) is 25.7 Å². The fraction of sp³-hybridized carbons (Fsp3) is 0.357. The lowest BCUT2D eigenvalue weighted by molar-refractivity contribution is -0.133. The number of hydrogen-bond donors (Lipinski definition) is 1. The van der Waals surface area contributed by atoms with E-state index in [1.807, 2.05) is 0 Å². The summed E-state index contributed by atoms with van der Waals surface area (Å²) in [6, 6.07) is 4.53. The maximum absolute atomic E-state index is 11.7. The second-order valence-electron chi connectivity index (χ2n) is 4.24. The Balaban J connectivity index is 1.96. The summed E-state index contributed by atoms with van der Waals surface area (Å²) in [4.78, 5) is 11.7. The monoisotopic (exact) mass is 248 g/mol. The number of methoxy groups -OCH3 is 1. The Morgan fingerprint density at radius 2 is 2.28 bits per heavy atom. The lowest BCUT2D eigenvalue weighted by Gasteiger charge is -2.07. The third-order valence-corrected chi connectivity index (χ3v) is 2.89. The van der Waals surface area contributed by atoms with Gasteiger partial charge >= 0.3 is 5.97 Å². The second kappa shape index (κ2) is 5.58. The van der Waals surface area contributed by atoms with Crippen LogP contribution in [0.15, 0.2) is 29.8 Å². The fourth-order valence-corrected chi connectivity index (χ4v) is 1.98. The van der Waals surface area contributed by atoms with Crippen LogP contribution in [0.25, 0.3) is 0 Å². The molecule has 0 aromatic heterocycles. The smallest absolute Gasteiger partial charge is 0.315 e. The van der Waals surface area contributed by atoms with Crippen LogP contribution < -0.4 is 9.47 Å². The average Bonchev–Trinajstić information content (AvgIpc) is 2.82. The van der Waals surface area contributed by atoms with E-state index >= 15 is 0 Å². The van der Waals surface area contributed by atoms with Crippen molar-refractivity contribution in [2.24, 2.45) is 0 Å². The zero-order valence-corrected chi connectivity index (χ0v) is 10.3. The van der Waals surface area contributed by atoms with Crippen LogP contribution in [0.5, 0.6) is 17.2 Å². The first-order valence-corrected chi connectivity index (χ1v) is 5.94. The first-order valence-electron chi connectivity index (χ1n) is 5.94. The zero-order chi connectivity index (χ0) is 13.0. The van der Waals surface area contributed by atoms with E-state index in [-0.39, 0.29) is 11.7 Å². The number of aromatic hydroxyl groups is 1. The third-order valence-electron chi connectivity index (χ3n) is 2.89. The largest absolute Gasteiger partial charge is 0.504 e. The summed E-state index contributed by atoms with van der Waals surface area (Å²) in [5, 5.41) is 9.56. The molecule has 0 amide bonds. The number of hydrogen-bond acceptors (Lipinski definition) is 4. The molecule has 1 N–H and O–H groups in total. The van der Waals surface area contributed by atoms with E-state index < -0.39 is 0 Å². The molecule has 1 aliphatic rings. The summed E-state index contributed by atoms with van der Waals surface area (Å²) >= 11 is 0. The van der Waals surface area contributed by atoms with Crippen molar-refractivity contribution in [3.05, 3.63) is 29.8 Å². The molecular formula is C14H16O4. The van der Waals surface area contributed by atoms with Gasteiger partial charge in [0.2, 0.25) is 0 Å². The van der Waals surface area contributed by atoms with Crippen molar-refractivity contribution in [3.63, 3.8) is 0 Å². The quantitative estimate of drug-likeness (QED) is 0.505. The van der Waals surface area contributed by atoms with Crippen molar-refractivity contribution in [3.8, 4) is 17.2 Å². The van der Waals surface area contributed by atoms with Crippen molar-refractivity contribution >= 4 is 5.97 Å². The molecule has 0 atom stereocenters. The minimum Gasteiger partial charge on any atom is -0.504 e. The van der Waals surface area contributed by atoms with E-state index in [0.717, 1.165) is 24.8 Å². The Hall–Kier alpha value is -1.97. The Kier molecular flexibility index (Phi) is 3.87. The van der Waals surface area contributed by atoms with Gasteiger partial charge in [0.15, 0.2) is 11.5 Å². The molecule has 0 saturated heterocycles. The highest BCUT2D eigenvalue weighted by atomic mass is 16.5. The fourth-order valence-electron chi connectivity index (χ4n) is 1.98. The molecule has 0 saturated carbocycles. The Labute approximate surface area is 106 Å². The summed E-state index contributed by atoms with van der Waals surface area (Å²) < 4.78 is 10.1. The van der Waals surface area contributed by atoms with Gasteiger partial charge in [0.05, 0.1) is 13.5 Å². The molecular weight excluding hydrogens is 232 g/mol. The molecule has 1 aliphatic carbocycles. The van der Waals surface area contributed by atoms with Crippen molar-refractivity contribution in [1.29, 1.82) is 0 Å². The summed E-state index contributed by atoms with van der Waals surface area (Å²) in [7, 11) is 1.47. The molecule has 0 fully saturated rings. The van der Waals surface area contributed by atoms with Gasteiger partial charge in [0.25, 0.3) is 0 Å². The van der Waals surface area contributed by atoms with E-state index in [0.29, 0.717) is 17.9 Å². The molecule has 1 aromatic carbocycles. The normalized spacial score (nSPS) is 14.2. The number of phenolic OH excluding ortho intramolecular Hbond substituents is 1. The Morgan fingerprint density at radius 1 is 1.44 bits per heavy atom.